The lowest BCUT2D eigenvalue weighted by atomic mass is 10.1. The van der Waals surface area contributed by atoms with Gasteiger partial charge in [0.25, 0.3) is 5.89 Å². The van der Waals surface area contributed by atoms with Gasteiger partial charge in [-0.1, -0.05) is 35.0 Å². The summed E-state index contributed by atoms with van der Waals surface area (Å²) in [5.74, 6) is 1.27. The van der Waals surface area contributed by atoms with Crippen molar-refractivity contribution in [2.45, 2.75) is 13.8 Å². The topological polar surface area (TPSA) is 59.2 Å². The molecule has 1 heterocycles. The van der Waals surface area contributed by atoms with Crippen LogP contribution in [0.4, 0.5) is 0 Å². The molecule has 2 aromatic carbocycles. The standard InChI is InChI=1S/C16H14N2O2/c1-10-3-5-12(6-4-10)15-17-16(20-18-15)13-7-8-14(19)11(2)9-13/h3-9,19H,1-2H3. The van der Waals surface area contributed by atoms with Crippen molar-refractivity contribution >= 4 is 0 Å². The van der Waals surface area contributed by atoms with Gasteiger partial charge in [-0.25, -0.2) is 0 Å². The van der Waals surface area contributed by atoms with Crippen molar-refractivity contribution in [3.05, 3.63) is 53.6 Å². The van der Waals surface area contributed by atoms with Gasteiger partial charge in [0, 0.05) is 11.1 Å². The second-order valence-corrected chi connectivity index (χ2v) is 4.79. The first kappa shape index (κ1) is 12.4. The second-order valence-electron chi connectivity index (χ2n) is 4.79. The molecule has 1 N–H and O–H groups in total. The van der Waals surface area contributed by atoms with E-state index in [4.69, 9.17) is 4.52 Å². The third-order valence-corrected chi connectivity index (χ3v) is 3.18. The van der Waals surface area contributed by atoms with Crippen molar-refractivity contribution in [3.8, 4) is 28.6 Å². The zero-order valence-electron chi connectivity index (χ0n) is 11.3. The highest BCUT2D eigenvalue weighted by Crippen LogP contribution is 2.26. The first-order chi connectivity index (χ1) is 9.63. The van der Waals surface area contributed by atoms with Crippen LogP contribution >= 0.6 is 0 Å². The molecule has 3 aromatic rings. The Kier molecular flexibility index (Phi) is 2.99. The van der Waals surface area contributed by atoms with Gasteiger partial charge < -0.3 is 9.63 Å². The van der Waals surface area contributed by atoms with Crippen LogP contribution in [-0.4, -0.2) is 15.2 Å². The molecule has 0 aliphatic rings. The predicted molar refractivity (Wildman–Crippen MR) is 76.3 cm³/mol. The van der Waals surface area contributed by atoms with E-state index in [1.54, 1.807) is 12.1 Å². The summed E-state index contributed by atoms with van der Waals surface area (Å²) in [5.41, 5.74) is 3.68. The molecule has 0 saturated carbocycles. The maximum atomic E-state index is 9.53. The molecule has 0 amide bonds. The minimum atomic E-state index is 0.257. The average molecular weight is 266 g/mol. The molecule has 4 heteroatoms. The third kappa shape index (κ3) is 2.28. The first-order valence-electron chi connectivity index (χ1n) is 6.34. The number of hydrogen-bond donors (Lipinski definition) is 1. The van der Waals surface area contributed by atoms with Crippen molar-refractivity contribution in [2.75, 3.05) is 0 Å². The normalized spacial score (nSPS) is 10.7. The number of aryl methyl sites for hydroxylation is 2. The Labute approximate surface area is 116 Å². The van der Waals surface area contributed by atoms with E-state index in [0.29, 0.717) is 11.7 Å². The lowest BCUT2D eigenvalue weighted by Crippen LogP contribution is -1.83. The van der Waals surface area contributed by atoms with E-state index >= 15 is 0 Å². The van der Waals surface area contributed by atoms with Gasteiger partial charge in [-0.05, 0) is 37.6 Å². The molecular formula is C16H14N2O2. The number of hydrogen-bond acceptors (Lipinski definition) is 4. The van der Waals surface area contributed by atoms with Crippen LogP contribution in [0.3, 0.4) is 0 Å². The largest absolute Gasteiger partial charge is 0.508 e. The van der Waals surface area contributed by atoms with Crippen LogP contribution in [0.2, 0.25) is 0 Å². The number of phenolic OH excluding ortho intramolecular Hbond substituents is 1. The fourth-order valence-electron chi connectivity index (χ4n) is 1.95. The predicted octanol–water partition coefficient (Wildman–Crippen LogP) is 3.73. The molecule has 0 fully saturated rings. The van der Waals surface area contributed by atoms with E-state index in [1.165, 1.54) is 5.56 Å². The Morgan fingerprint density at radius 3 is 2.35 bits per heavy atom. The zero-order valence-corrected chi connectivity index (χ0v) is 11.3. The summed E-state index contributed by atoms with van der Waals surface area (Å²) >= 11 is 0. The molecule has 1 aromatic heterocycles. The monoisotopic (exact) mass is 266 g/mol. The SMILES string of the molecule is Cc1ccc(-c2noc(-c3ccc(O)c(C)c3)n2)cc1. The van der Waals surface area contributed by atoms with Crippen LogP contribution in [0.15, 0.2) is 47.0 Å². The Bertz CT molecular complexity index is 745. The van der Waals surface area contributed by atoms with Crippen LogP contribution < -0.4 is 0 Å². The Balaban J connectivity index is 1.97. The number of phenols is 1. The summed E-state index contributed by atoms with van der Waals surface area (Å²) in [5, 5.41) is 13.5. The van der Waals surface area contributed by atoms with Crippen molar-refractivity contribution in [2.24, 2.45) is 0 Å². The number of rotatable bonds is 2. The smallest absolute Gasteiger partial charge is 0.258 e. The molecule has 100 valence electrons. The molecule has 0 spiro atoms. The average Bonchev–Trinajstić information content (AvgIpc) is 2.92. The molecule has 3 rings (SSSR count). The number of aromatic hydroxyl groups is 1. The summed E-state index contributed by atoms with van der Waals surface area (Å²) in [6, 6.07) is 13.2. The van der Waals surface area contributed by atoms with Crippen molar-refractivity contribution in [1.29, 1.82) is 0 Å². The minimum Gasteiger partial charge on any atom is -0.508 e. The summed E-state index contributed by atoms with van der Waals surface area (Å²) in [6.07, 6.45) is 0. The van der Waals surface area contributed by atoms with Crippen molar-refractivity contribution in [3.63, 3.8) is 0 Å². The number of aromatic nitrogens is 2. The molecular weight excluding hydrogens is 252 g/mol. The molecule has 0 unspecified atom stereocenters. The Morgan fingerprint density at radius 1 is 0.950 bits per heavy atom. The van der Waals surface area contributed by atoms with E-state index in [2.05, 4.69) is 10.1 Å². The molecule has 0 atom stereocenters. The van der Waals surface area contributed by atoms with E-state index in [-0.39, 0.29) is 5.75 Å². The lowest BCUT2D eigenvalue weighted by Gasteiger charge is -1.99. The fraction of sp³-hybridized carbons (Fsp3) is 0.125. The van der Waals surface area contributed by atoms with Crippen molar-refractivity contribution in [1.82, 2.24) is 10.1 Å². The van der Waals surface area contributed by atoms with Gasteiger partial charge in [0.2, 0.25) is 5.82 Å². The summed E-state index contributed by atoms with van der Waals surface area (Å²) < 4.78 is 5.29. The summed E-state index contributed by atoms with van der Waals surface area (Å²) in [7, 11) is 0. The lowest BCUT2D eigenvalue weighted by molar-refractivity contribution is 0.432. The Morgan fingerprint density at radius 2 is 1.65 bits per heavy atom. The molecule has 0 bridgehead atoms. The van der Waals surface area contributed by atoms with Gasteiger partial charge in [-0.3, -0.25) is 0 Å². The van der Waals surface area contributed by atoms with Crippen LogP contribution in [0.25, 0.3) is 22.8 Å². The molecule has 0 aliphatic carbocycles. The molecule has 0 radical (unpaired) electrons. The van der Waals surface area contributed by atoms with Gasteiger partial charge in [-0.2, -0.15) is 4.98 Å². The summed E-state index contributed by atoms with van der Waals surface area (Å²) in [6.45, 7) is 3.86. The molecule has 0 saturated heterocycles. The molecule has 0 aliphatic heterocycles. The quantitative estimate of drug-likeness (QED) is 0.767. The second kappa shape index (κ2) is 4.81. The summed E-state index contributed by atoms with van der Waals surface area (Å²) in [4.78, 5) is 4.39. The highest BCUT2D eigenvalue weighted by atomic mass is 16.5. The van der Waals surface area contributed by atoms with E-state index in [9.17, 15) is 5.11 Å². The number of benzene rings is 2. The van der Waals surface area contributed by atoms with Gasteiger partial charge >= 0.3 is 0 Å². The van der Waals surface area contributed by atoms with Crippen LogP contribution in [0.5, 0.6) is 5.75 Å². The number of nitrogens with zero attached hydrogens (tertiary/aromatic N) is 2. The van der Waals surface area contributed by atoms with Gasteiger partial charge in [0.05, 0.1) is 0 Å². The maximum Gasteiger partial charge on any atom is 0.258 e. The first-order valence-corrected chi connectivity index (χ1v) is 6.34. The van der Waals surface area contributed by atoms with Gasteiger partial charge in [0.1, 0.15) is 5.75 Å². The highest BCUT2D eigenvalue weighted by molar-refractivity contribution is 5.61. The highest BCUT2D eigenvalue weighted by Gasteiger charge is 2.11. The van der Waals surface area contributed by atoms with Crippen LogP contribution in [-0.2, 0) is 0 Å². The zero-order chi connectivity index (χ0) is 14.1. The van der Waals surface area contributed by atoms with Crippen LogP contribution in [0.1, 0.15) is 11.1 Å². The molecule has 20 heavy (non-hydrogen) atoms. The van der Waals surface area contributed by atoms with E-state index in [0.717, 1.165) is 16.7 Å². The van der Waals surface area contributed by atoms with E-state index < -0.39 is 0 Å². The molecule has 4 nitrogen and oxygen atoms in total. The van der Waals surface area contributed by atoms with Crippen LogP contribution in [0, 0.1) is 13.8 Å². The van der Waals surface area contributed by atoms with E-state index in [1.807, 2.05) is 44.2 Å². The maximum absolute atomic E-state index is 9.53. The third-order valence-electron chi connectivity index (χ3n) is 3.18. The minimum absolute atomic E-state index is 0.257. The van der Waals surface area contributed by atoms with Gasteiger partial charge in [-0.15, -0.1) is 0 Å². The van der Waals surface area contributed by atoms with Crippen molar-refractivity contribution < 1.29 is 9.63 Å². The van der Waals surface area contributed by atoms with Gasteiger partial charge in [0.15, 0.2) is 0 Å². The fourth-order valence-corrected chi connectivity index (χ4v) is 1.95. The Hall–Kier alpha value is -2.62.